The lowest BCUT2D eigenvalue weighted by atomic mass is 9.98. The van der Waals surface area contributed by atoms with E-state index in [1.807, 2.05) is 24.6 Å². The smallest absolute Gasteiger partial charge is 0.272 e. The van der Waals surface area contributed by atoms with E-state index in [0.717, 1.165) is 13.0 Å². The first-order valence-electron chi connectivity index (χ1n) is 7.80. The van der Waals surface area contributed by atoms with E-state index in [-0.39, 0.29) is 11.5 Å². The number of aryl methyl sites for hydroxylation is 2. The van der Waals surface area contributed by atoms with Gasteiger partial charge >= 0.3 is 0 Å². The molecule has 0 spiro atoms. The molecule has 0 saturated heterocycles. The van der Waals surface area contributed by atoms with Crippen molar-refractivity contribution in [3.8, 4) is 0 Å². The molecule has 1 heterocycles. The van der Waals surface area contributed by atoms with Gasteiger partial charge in [0.2, 0.25) is 0 Å². The number of benzene rings is 1. The van der Waals surface area contributed by atoms with Gasteiger partial charge in [0.1, 0.15) is 5.69 Å². The molecule has 3 nitrogen and oxygen atoms in total. The van der Waals surface area contributed by atoms with Crippen LogP contribution in [0.5, 0.6) is 0 Å². The Balaban J connectivity index is 1.75. The van der Waals surface area contributed by atoms with Crippen LogP contribution in [0.2, 0.25) is 0 Å². The van der Waals surface area contributed by atoms with Crippen LogP contribution >= 0.6 is 0 Å². The molecule has 0 N–H and O–H groups in total. The highest BCUT2D eigenvalue weighted by molar-refractivity contribution is 5.34. The molecule has 1 aliphatic rings. The van der Waals surface area contributed by atoms with Gasteiger partial charge in [-0.25, -0.2) is 0 Å². The van der Waals surface area contributed by atoms with Crippen LogP contribution in [0.15, 0.2) is 41.5 Å². The third-order valence-electron chi connectivity index (χ3n) is 4.46. The second-order valence-electron chi connectivity index (χ2n) is 6.19. The Morgan fingerprint density at radius 3 is 2.95 bits per heavy atom. The Hall–Kier alpha value is -1.90. The average molecular weight is 282 g/mol. The monoisotopic (exact) mass is 282 g/mol. The number of hydrogen-bond donors (Lipinski definition) is 0. The predicted molar refractivity (Wildman–Crippen MR) is 84.7 cm³/mol. The van der Waals surface area contributed by atoms with E-state index in [0.29, 0.717) is 11.6 Å². The van der Waals surface area contributed by atoms with Crippen LogP contribution < -0.4 is 5.56 Å². The highest BCUT2D eigenvalue weighted by atomic mass is 16.1. The minimum Gasteiger partial charge on any atom is -0.312 e. The molecular formula is C18H22N2O. The van der Waals surface area contributed by atoms with Crippen molar-refractivity contribution in [3.63, 3.8) is 0 Å². The van der Waals surface area contributed by atoms with Crippen molar-refractivity contribution in [3.05, 3.63) is 63.8 Å². The zero-order valence-electron chi connectivity index (χ0n) is 12.7. The van der Waals surface area contributed by atoms with E-state index in [1.54, 1.807) is 6.20 Å². The van der Waals surface area contributed by atoms with Gasteiger partial charge in [-0.15, -0.1) is 0 Å². The van der Waals surface area contributed by atoms with Gasteiger partial charge in [0.25, 0.3) is 5.56 Å². The van der Waals surface area contributed by atoms with Crippen LogP contribution in [0.4, 0.5) is 0 Å². The molecule has 1 aliphatic carbocycles. The predicted octanol–water partition coefficient (Wildman–Crippen LogP) is 3.49. The zero-order valence-corrected chi connectivity index (χ0v) is 12.7. The zero-order chi connectivity index (χ0) is 14.8. The summed E-state index contributed by atoms with van der Waals surface area (Å²) in [7, 11) is 0. The molecule has 0 aliphatic heterocycles. The summed E-state index contributed by atoms with van der Waals surface area (Å²) in [6, 6.07) is 8.70. The lowest BCUT2D eigenvalue weighted by Crippen LogP contribution is -2.25. The number of fused-ring (bicyclic) bond motifs is 1. The SMILES string of the molecule is CC(C)c1nccn(CCC2CCc3ccccc32)c1=O. The molecule has 1 aromatic heterocycles. The fourth-order valence-corrected chi connectivity index (χ4v) is 3.28. The summed E-state index contributed by atoms with van der Waals surface area (Å²) in [5.41, 5.74) is 3.69. The molecule has 0 amide bonds. The van der Waals surface area contributed by atoms with Gasteiger partial charge < -0.3 is 4.57 Å². The summed E-state index contributed by atoms with van der Waals surface area (Å²) < 4.78 is 1.82. The summed E-state index contributed by atoms with van der Waals surface area (Å²) in [6.07, 6.45) is 6.96. The Morgan fingerprint density at radius 1 is 1.33 bits per heavy atom. The fraction of sp³-hybridized carbons (Fsp3) is 0.444. The minimum atomic E-state index is 0.0683. The number of nitrogens with zero attached hydrogens (tertiary/aromatic N) is 2. The maximum Gasteiger partial charge on any atom is 0.272 e. The van der Waals surface area contributed by atoms with Crippen molar-refractivity contribution in [2.45, 2.75) is 51.5 Å². The summed E-state index contributed by atoms with van der Waals surface area (Å²) in [5.74, 6) is 0.765. The van der Waals surface area contributed by atoms with Crippen molar-refractivity contribution >= 4 is 0 Å². The molecule has 1 atom stereocenters. The molecule has 1 aromatic carbocycles. The lowest BCUT2D eigenvalue weighted by Gasteiger charge is -2.14. The van der Waals surface area contributed by atoms with Crippen molar-refractivity contribution in [1.29, 1.82) is 0 Å². The molecule has 0 bridgehead atoms. The second kappa shape index (κ2) is 5.84. The van der Waals surface area contributed by atoms with Gasteiger partial charge in [-0.1, -0.05) is 38.1 Å². The fourth-order valence-electron chi connectivity index (χ4n) is 3.28. The first kappa shape index (κ1) is 14.1. The molecule has 0 fully saturated rings. The maximum atomic E-state index is 12.4. The third kappa shape index (κ3) is 2.78. The number of aromatic nitrogens is 2. The lowest BCUT2D eigenvalue weighted by molar-refractivity contribution is 0.527. The molecule has 0 radical (unpaired) electrons. The first-order chi connectivity index (χ1) is 10.2. The summed E-state index contributed by atoms with van der Waals surface area (Å²) in [6.45, 7) is 4.81. The maximum absolute atomic E-state index is 12.4. The van der Waals surface area contributed by atoms with E-state index in [9.17, 15) is 4.79 Å². The largest absolute Gasteiger partial charge is 0.312 e. The molecule has 2 aromatic rings. The molecule has 0 saturated carbocycles. The van der Waals surface area contributed by atoms with Crippen LogP contribution in [-0.4, -0.2) is 9.55 Å². The van der Waals surface area contributed by atoms with E-state index in [1.165, 1.54) is 24.0 Å². The molecule has 110 valence electrons. The Labute approximate surface area is 125 Å². The molecule has 1 unspecified atom stereocenters. The van der Waals surface area contributed by atoms with Crippen molar-refractivity contribution < 1.29 is 0 Å². The Bertz CT molecular complexity index is 688. The molecule has 3 rings (SSSR count). The van der Waals surface area contributed by atoms with Crippen LogP contribution in [0, 0.1) is 0 Å². The minimum absolute atomic E-state index is 0.0683. The van der Waals surface area contributed by atoms with Gasteiger partial charge in [0.15, 0.2) is 0 Å². The van der Waals surface area contributed by atoms with Crippen LogP contribution in [0.1, 0.15) is 55.3 Å². The van der Waals surface area contributed by atoms with Gasteiger partial charge in [0, 0.05) is 24.9 Å². The van der Waals surface area contributed by atoms with Gasteiger partial charge in [0.05, 0.1) is 0 Å². The second-order valence-corrected chi connectivity index (χ2v) is 6.19. The summed E-state index contributed by atoms with van der Waals surface area (Å²) in [4.78, 5) is 16.6. The van der Waals surface area contributed by atoms with Crippen LogP contribution in [0.3, 0.4) is 0 Å². The topological polar surface area (TPSA) is 34.9 Å². The highest BCUT2D eigenvalue weighted by Crippen LogP contribution is 2.35. The third-order valence-corrected chi connectivity index (χ3v) is 4.46. The van der Waals surface area contributed by atoms with Crippen molar-refractivity contribution in [2.24, 2.45) is 0 Å². The highest BCUT2D eigenvalue weighted by Gasteiger charge is 2.21. The van der Waals surface area contributed by atoms with E-state index in [2.05, 4.69) is 29.2 Å². The van der Waals surface area contributed by atoms with Crippen LogP contribution in [0.25, 0.3) is 0 Å². The standard InChI is InChI=1S/C18H22N2O/c1-13(2)17-18(21)20(12-10-19-17)11-9-15-8-7-14-5-3-4-6-16(14)15/h3-6,10,12-13,15H,7-9,11H2,1-2H3. The van der Waals surface area contributed by atoms with E-state index in [4.69, 9.17) is 0 Å². The Morgan fingerprint density at radius 2 is 2.14 bits per heavy atom. The van der Waals surface area contributed by atoms with Gasteiger partial charge in [-0.05, 0) is 36.3 Å². The Kier molecular flexibility index (Phi) is 3.91. The molecular weight excluding hydrogens is 260 g/mol. The normalized spacial score (nSPS) is 17.2. The van der Waals surface area contributed by atoms with Crippen molar-refractivity contribution in [1.82, 2.24) is 9.55 Å². The summed E-state index contributed by atoms with van der Waals surface area (Å²) in [5, 5.41) is 0. The number of rotatable bonds is 4. The summed E-state index contributed by atoms with van der Waals surface area (Å²) >= 11 is 0. The van der Waals surface area contributed by atoms with E-state index < -0.39 is 0 Å². The average Bonchev–Trinajstić information content (AvgIpc) is 2.89. The van der Waals surface area contributed by atoms with Crippen molar-refractivity contribution in [2.75, 3.05) is 0 Å². The first-order valence-corrected chi connectivity index (χ1v) is 7.80. The number of hydrogen-bond acceptors (Lipinski definition) is 2. The molecule has 21 heavy (non-hydrogen) atoms. The van der Waals surface area contributed by atoms with E-state index >= 15 is 0 Å². The van der Waals surface area contributed by atoms with Gasteiger partial charge in [-0.3, -0.25) is 9.78 Å². The quantitative estimate of drug-likeness (QED) is 0.860. The molecule has 3 heteroatoms. The van der Waals surface area contributed by atoms with Gasteiger partial charge in [-0.2, -0.15) is 0 Å². The van der Waals surface area contributed by atoms with Crippen LogP contribution in [-0.2, 0) is 13.0 Å².